The van der Waals surface area contributed by atoms with Gasteiger partial charge >= 0.3 is 0 Å². The monoisotopic (exact) mass is 425 g/mol. The zero-order valence-electron chi connectivity index (χ0n) is 17.5. The normalized spacial score (nSPS) is 19.3. The van der Waals surface area contributed by atoms with Crippen LogP contribution in [0.3, 0.4) is 0 Å². The lowest BCUT2D eigenvalue weighted by molar-refractivity contribution is 0.383. The number of fused-ring (bicyclic) bond motifs is 1. The largest absolute Gasteiger partial charge is 0.356 e. The van der Waals surface area contributed by atoms with Crippen LogP contribution in [0.5, 0.6) is 0 Å². The van der Waals surface area contributed by atoms with Crippen LogP contribution in [0.2, 0.25) is 0 Å². The smallest absolute Gasteiger partial charge is 0.254 e. The van der Waals surface area contributed by atoms with Crippen molar-refractivity contribution >= 4 is 21.7 Å². The molecule has 2 aromatic rings. The summed E-state index contributed by atoms with van der Waals surface area (Å²) in [5, 5.41) is 0. The summed E-state index contributed by atoms with van der Waals surface area (Å²) in [4.78, 5) is 19.8. The van der Waals surface area contributed by atoms with E-state index in [1.807, 2.05) is 18.3 Å². The fraction of sp³-hybridized carbons (Fsp3) is 0.478. The number of hydrogen-bond donors (Lipinski definition) is 0. The average molecular weight is 426 g/mol. The van der Waals surface area contributed by atoms with Crippen LogP contribution in [0.15, 0.2) is 34.2 Å². The zero-order chi connectivity index (χ0) is 21.1. The highest BCUT2D eigenvalue weighted by Crippen LogP contribution is 2.54. The number of sulfone groups is 1. The second-order valence-corrected chi connectivity index (χ2v) is 11.2. The Morgan fingerprint density at radius 2 is 1.87 bits per heavy atom. The summed E-state index contributed by atoms with van der Waals surface area (Å²) in [6.45, 7) is 3.52. The average Bonchev–Trinajstić information content (AvgIpc) is 3.31. The maximum Gasteiger partial charge on any atom is 0.254 e. The van der Waals surface area contributed by atoms with Crippen LogP contribution in [0.4, 0.5) is 5.82 Å². The summed E-state index contributed by atoms with van der Waals surface area (Å²) in [5.74, 6) is 0.854. The van der Waals surface area contributed by atoms with Gasteiger partial charge in [0.2, 0.25) is 0 Å². The van der Waals surface area contributed by atoms with Crippen LogP contribution >= 0.6 is 0 Å². The Labute approximate surface area is 177 Å². The standard InChI is InChI=1S/C23H27N3O3S/c1-3-30(28,29)16-13-19(20-15-25(2)22(27)18-6-4-5-17(18)20)21(24-14-16)26-11-9-23(7-8-23)10-12-26/h4-5,13-15H,3,6-12H2,1-2H3. The number of rotatable bonds is 4. The third-order valence-electron chi connectivity index (χ3n) is 7.07. The summed E-state index contributed by atoms with van der Waals surface area (Å²) in [7, 11) is -1.63. The van der Waals surface area contributed by atoms with Crippen LogP contribution in [0.1, 0.15) is 43.7 Å². The fourth-order valence-corrected chi connectivity index (χ4v) is 5.65. The number of pyridine rings is 2. The number of anilines is 1. The van der Waals surface area contributed by atoms with Gasteiger partial charge in [-0.2, -0.15) is 0 Å². The van der Waals surface area contributed by atoms with Gasteiger partial charge in [-0.3, -0.25) is 4.79 Å². The van der Waals surface area contributed by atoms with Crippen molar-refractivity contribution in [1.29, 1.82) is 0 Å². The number of aryl methyl sites for hydroxylation is 1. The second-order valence-electron chi connectivity index (χ2n) is 8.89. The van der Waals surface area contributed by atoms with E-state index in [-0.39, 0.29) is 16.2 Å². The molecule has 1 saturated carbocycles. The molecule has 1 spiro atoms. The molecule has 7 heteroatoms. The topological polar surface area (TPSA) is 72.3 Å². The van der Waals surface area contributed by atoms with Crippen LogP contribution in [0.25, 0.3) is 17.2 Å². The van der Waals surface area contributed by atoms with E-state index >= 15 is 0 Å². The third kappa shape index (κ3) is 3.11. The molecule has 0 radical (unpaired) electrons. The highest BCUT2D eigenvalue weighted by Gasteiger charge is 2.44. The van der Waals surface area contributed by atoms with Gasteiger partial charge in [0.1, 0.15) is 5.82 Å². The maximum atomic E-state index is 12.6. The van der Waals surface area contributed by atoms with Gasteiger partial charge in [-0.15, -0.1) is 0 Å². The minimum atomic E-state index is -3.38. The lowest BCUT2D eigenvalue weighted by Gasteiger charge is -2.34. The maximum absolute atomic E-state index is 12.6. The molecular weight excluding hydrogens is 398 g/mol. The molecule has 5 rings (SSSR count). The van der Waals surface area contributed by atoms with Crippen molar-refractivity contribution in [3.05, 3.63) is 46.0 Å². The molecule has 2 aliphatic carbocycles. The number of allylic oxidation sites excluding steroid dienone is 1. The molecule has 0 atom stereocenters. The van der Waals surface area contributed by atoms with E-state index in [2.05, 4.69) is 9.88 Å². The van der Waals surface area contributed by atoms with E-state index in [4.69, 9.17) is 0 Å². The van der Waals surface area contributed by atoms with Crippen molar-refractivity contribution < 1.29 is 8.42 Å². The Bertz CT molecular complexity index is 1210. The Hall–Kier alpha value is -2.41. The SMILES string of the molecule is CCS(=O)(=O)c1cnc(N2CCC3(CC2)CC3)c(-c2cn(C)c(=O)c3c2C=CC3)c1. The predicted octanol–water partition coefficient (Wildman–Crippen LogP) is 3.19. The molecule has 1 aliphatic heterocycles. The van der Waals surface area contributed by atoms with Crippen LogP contribution < -0.4 is 10.5 Å². The van der Waals surface area contributed by atoms with Crippen molar-refractivity contribution in [2.24, 2.45) is 12.5 Å². The van der Waals surface area contributed by atoms with E-state index in [9.17, 15) is 13.2 Å². The van der Waals surface area contributed by atoms with Gasteiger partial charge in [0, 0.05) is 49.2 Å². The molecule has 3 heterocycles. The highest BCUT2D eigenvalue weighted by molar-refractivity contribution is 7.91. The van der Waals surface area contributed by atoms with Gasteiger partial charge in [0.25, 0.3) is 5.56 Å². The fourth-order valence-electron chi connectivity index (χ4n) is 4.80. The first kappa shape index (κ1) is 19.5. The van der Waals surface area contributed by atoms with Gasteiger partial charge in [-0.05, 0) is 49.1 Å². The van der Waals surface area contributed by atoms with Crippen molar-refractivity contribution in [2.75, 3.05) is 23.7 Å². The number of aromatic nitrogens is 2. The van der Waals surface area contributed by atoms with Gasteiger partial charge in [-0.25, -0.2) is 13.4 Å². The first-order valence-electron chi connectivity index (χ1n) is 10.7. The molecule has 0 aromatic carbocycles. The van der Waals surface area contributed by atoms with E-state index < -0.39 is 9.84 Å². The molecule has 30 heavy (non-hydrogen) atoms. The molecule has 158 valence electrons. The van der Waals surface area contributed by atoms with Crippen molar-refractivity contribution in [3.8, 4) is 11.1 Å². The predicted molar refractivity (Wildman–Crippen MR) is 118 cm³/mol. The Morgan fingerprint density at radius 1 is 1.13 bits per heavy atom. The van der Waals surface area contributed by atoms with E-state index in [1.54, 1.807) is 24.6 Å². The van der Waals surface area contributed by atoms with E-state index in [0.717, 1.165) is 54.0 Å². The van der Waals surface area contributed by atoms with Gasteiger partial charge < -0.3 is 9.47 Å². The highest BCUT2D eigenvalue weighted by atomic mass is 32.2. The molecule has 0 unspecified atom stereocenters. The molecule has 3 aliphatic rings. The summed E-state index contributed by atoms with van der Waals surface area (Å²) < 4.78 is 26.8. The number of piperidine rings is 1. The molecular formula is C23H27N3O3S. The minimum absolute atomic E-state index is 0.000703. The summed E-state index contributed by atoms with van der Waals surface area (Å²) in [6.07, 6.45) is 12.9. The van der Waals surface area contributed by atoms with Crippen molar-refractivity contribution in [3.63, 3.8) is 0 Å². The van der Waals surface area contributed by atoms with Gasteiger partial charge in [-0.1, -0.05) is 19.1 Å². The molecule has 2 fully saturated rings. The number of hydrogen-bond acceptors (Lipinski definition) is 5. The minimum Gasteiger partial charge on any atom is -0.356 e. The second kappa shape index (κ2) is 6.80. The molecule has 0 amide bonds. The quantitative estimate of drug-likeness (QED) is 0.752. The summed E-state index contributed by atoms with van der Waals surface area (Å²) in [6, 6.07) is 1.76. The van der Waals surface area contributed by atoms with Crippen LogP contribution in [-0.2, 0) is 23.3 Å². The van der Waals surface area contributed by atoms with Crippen LogP contribution in [-0.4, -0.2) is 36.8 Å². The Kier molecular flexibility index (Phi) is 4.43. The van der Waals surface area contributed by atoms with E-state index in [0.29, 0.717) is 11.8 Å². The first-order valence-corrected chi connectivity index (χ1v) is 12.4. The summed E-state index contributed by atoms with van der Waals surface area (Å²) >= 11 is 0. The van der Waals surface area contributed by atoms with Crippen LogP contribution in [0, 0.1) is 5.41 Å². The van der Waals surface area contributed by atoms with Crippen molar-refractivity contribution in [2.45, 2.75) is 43.9 Å². The first-order chi connectivity index (χ1) is 14.3. The molecule has 6 nitrogen and oxygen atoms in total. The zero-order valence-corrected chi connectivity index (χ0v) is 18.3. The van der Waals surface area contributed by atoms with E-state index in [1.165, 1.54) is 19.0 Å². The molecule has 2 aromatic heterocycles. The lowest BCUT2D eigenvalue weighted by Crippen LogP contribution is -2.35. The Morgan fingerprint density at radius 3 is 2.53 bits per heavy atom. The van der Waals surface area contributed by atoms with Crippen molar-refractivity contribution in [1.82, 2.24) is 9.55 Å². The lowest BCUT2D eigenvalue weighted by atomic mass is 9.93. The summed E-state index contributed by atoms with van der Waals surface area (Å²) in [5.41, 5.74) is 3.88. The number of nitrogens with zero attached hydrogens (tertiary/aromatic N) is 3. The van der Waals surface area contributed by atoms with Gasteiger partial charge in [0.05, 0.1) is 10.6 Å². The van der Waals surface area contributed by atoms with Gasteiger partial charge in [0.15, 0.2) is 9.84 Å². The third-order valence-corrected chi connectivity index (χ3v) is 8.78. The Balaban J connectivity index is 1.68. The molecule has 0 N–H and O–H groups in total. The molecule has 0 bridgehead atoms. The molecule has 1 saturated heterocycles.